The van der Waals surface area contributed by atoms with E-state index in [1.54, 1.807) is 41.1 Å². The third kappa shape index (κ3) is 4.66. The average Bonchev–Trinajstić information content (AvgIpc) is 3.22. The molecule has 3 aromatic rings. The first kappa shape index (κ1) is 20.0. The Kier molecular flexibility index (Phi) is 5.94. The number of piperidine rings is 1. The first-order chi connectivity index (χ1) is 14.0. The van der Waals surface area contributed by atoms with E-state index in [0.717, 1.165) is 16.3 Å². The van der Waals surface area contributed by atoms with E-state index in [1.807, 2.05) is 36.4 Å². The van der Waals surface area contributed by atoms with Crippen LogP contribution in [0.5, 0.6) is 0 Å². The molecule has 1 aliphatic rings. The lowest BCUT2D eigenvalue weighted by Gasteiger charge is -2.38. The number of aliphatic hydroxyl groups is 1. The number of hydrogen-bond donors (Lipinski definition) is 1. The molecule has 5 nitrogen and oxygen atoms in total. The molecule has 0 radical (unpaired) electrons. The van der Waals surface area contributed by atoms with Crippen LogP contribution in [0.2, 0.25) is 5.02 Å². The van der Waals surface area contributed by atoms with Gasteiger partial charge in [0.2, 0.25) is 0 Å². The van der Waals surface area contributed by atoms with E-state index in [2.05, 4.69) is 4.98 Å². The summed E-state index contributed by atoms with van der Waals surface area (Å²) in [6.07, 6.45) is 2.70. The van der Waals surface area contributed by atoms with Crippen LogP contribution < -0.4 is 0 Å². The van der Waals surface area contributed by atoms with Crippen molar-refractivity contribution in [3.63, 3.8) is 0 Å². The maximum Gasteiger partial charge on any atom is 0.289 e. The molecule has 150 valence electrons. The zero-order chi connectivity index (χ0) is 20.3. The molecule has 0 unspecified atom stereocenters. The summed E-state index contributed by atoms with van der Waals surface area (Å²) in [4.78, 5) is 18.8. The SMILES string of the molecule is O=C(c1ccc(CSc2ccccn2)o1)N1CCC(O)(c2ccc(Cl)cc2)CC1. The summed E-state index contributed by atoms with van der Waals surface area (Å²) >= 11 is 7.50. The second kappa shape index (κ2) is 8.61. The second-order valence-corrected chi connectivity index (χ2v) is 8.49. The fourth-order valence-corrected chi connectivity index (χ4v) is 4.31. The van der Waals surface area contributed by atoms with Crippen LogP contribution in [-0.4, -0.2) is 34.0 Å². The number of likely N-dealkylation sites (tertiary alicyclic amines) is 1. The molecule has 0 spiro atoms. The van der Waals surface area contributed by atoms with Gasteiger partial charge in [0.05, 0.1) is 16.4 Å². The van der Waals surface area contributed by atoms with E-state index in [4.69, 9.17) is 16.0 Å². The highest BCUT2D eigenvalue weighted by atomic mass is 35.5. The van der Waals surface area contributed by atoms with E-state index in [9.17, 15) is 9.90 Å². The molecule has 1 amide bonds. The molecule has 0 aliphatic carbocycles. The second-order valence-electron chi connectivity index (χ2n) is 7.05. The molecular weight excluding hydrogens is 408 g/mol. The smallest absolute Gasteiger partial charge is 0.289 e. The lowest BCUT2D eigenvalue weighted by molar-refractivity contribution is -0.0218. The summed E-state index contributed by atoms with van der Waals surface area (Å²) in [5.41, 5.74) is -0.101. The molecule has 7 heteroatoms. The highest BCUT2D eigenvalue weighted by Crippen LogP contribution is 2.34. The minimum absolute atomic E-state index is 0.141. The lowest BCUT2D eigenvalue weighted by atomic mass is 9.84. The van der Waals surface area contributed by atoms with Crippen LogP contribution in [0, 0.1) is 0 Å². The van der Waals surface area contributed by atoms with E-state index in [0.29, 0.717) is 42.5 Å². The van der Waals surface area contributed by atoms with E-state index >= 15 is 0 Å². The molecule has 1 fully saturated rings. The van der Waals surface area contributed by atoms with Crippen LogP contribution in [-0.2, 0) is 11.4 Å². The number of carbonyl (C=O) groups is 1. The molecule has 0 bridgehead atoms. The van der Waals surface area contributed by atoms with Gasteiger partial charge < -0.3 is 14.4 Å². The number of amides is 1. The molecule has 0 saturated carbocycles. The van der Waals surface area contributed by atoms with Crippen LogP contribution in [0.1, 0.15) is 34.7 Å². The summed E-state index contributed by atoms with van der Waals surface area (Å²) in [6, 6.07) is 16.5. The molecule has 3 heterocycles. The van der Waals surface area contributed by atoms with E-state index in [1.165, 1.54) is 0 Å². The van der Waals surface area contributed by atoms with Gasteiger partial charge in [-0.2, -0.15) is 0 Å². The Morgan fingerprint density at radius 1 is 1.14 bits per heavy atom. The van der Waals surface area contributed by atoms with Crippen LogP contribution in [0.15, 0.2) is 70.2 Å². The van der Waals surface area contributed by atoms with Crippen molar-refractivity contribution in [1.82, 2.24) is 9.88 Å². The van der Waals surface area contributed by atoms with Gasteiger partial charge in [0, 0.05) is 24.3 Å². The van der Waals surface area contributed by atoms with Crippen molar-refractivity contribution >= 4 is 29.3 Å². The standard InChI is InChI=1S/C22H21ClN2O3S/c23-17-6-4-16(5-7-17)22(27)10-13-25(14-11-22)21(26)19-9-8-18(28-19)15-29-20-3-1-2-12-24-20/h1-9,12,27H,10-11,13-15H2. The van der Waals surface area contributed by atoms with Gasteiger partial charge >= 0.3 is 0 Å². The zero-order valence-electron chi connectivity index (χ0n) is 15.8. The number of pyridine rings is 1. The van der Waals surface area contributed by atoms with E-state index in [-0.39, 0.29) is 5.91 Å². The van der Waals surface area contributed by atoms with Crippen molar-refractivity contribution in [3.8, 4) is 0 Å². The number of benzene rings is 1. The van der Waals surface area contributed by atoms with Crippen molar-refractivity contribution in [1.29, 1.82) is 0 Å². The first-order valence-corrected chi connectivity index (χ1v) is 10.8. The highest BCUT2D eigenvalue weighted by molar-refractivity contribution is 7.98. The Morgan fingerprint density at radius 3 is 2.59 bits per heavy atom. The van der Waals surface area contributed by atoms with Crippen LogP contribution >= 0.6 is 23.4 Å². The fraction of sp³-hybridized carbons (Fsp3) is 0.273. The molecular formula is C22H21ClN2O3S. The minimum atomic E-state index is -0.935. The Labute approximate surface area is 178 Å². The summed E-state index contributed by atoms with van der Waals surface area (Å²) in [5.74, 6) is 1.54. The molecule has 1 N–H and O–H groups in total. The summed E-state index contributed by atoms with van der Waals surface area (Å²) in [6.45, 7) is 0.938. The van der Waals surface area contributed by atoms with Gasteiger partial charge in [0.1, 0.15) is 5.76 Å². The van der Waals surface area contributed by atoms with Gasteiger partial charge in [-0.05, 0) is 54.8 Å². The van der Waals surface area contributed by atoms with Gasteiger partial charge in [0.15, 0.2) is 5.76 Å². The Hall–Kier alpha value is -2.28. The molecule has 29 heavy (non-hydrogen) atoms. The number of thioether (sulfide) groups is 1. The number of hydrogen-bond acceptors (Lipinski definition) is 5. The summed E-state index contributed by atoms with van der Waals surface area (Å²) in [5, 5.41) is 12.5. The van der Waals surface area contributed by atoms with Gasteiger partial charge in [-0.25, -0.2) is 4.98 Å². The number of halogens is 1. The predicted octanol–water partition coefficient (Wildman–Crippen LogP) is 4.74. The summed E-state index contributed by atoms with van der Waals surface area (Å²) in [7, 11) is 0. The molecule has 1 saturated heterocycles. The molecule has 0 atom stereocenters. The molecule has 4 rings (SSSR count). The van der Waals surface area contributed by atoms with Crippen molar-refractivity contribution in [3.05, 3.63) is 82.9 Å². The Bertz CT molecular complexity index is 967. The van der Waals surface area contributed by atoms with Crippen molar-refractivity contribution in [2.45, 2.75) is 29.2 Å². The summed E-state index contributed by atoms with van der Waals surface area (Å²) < 4.78 is 5.75. The third-order valence-electron chi connectivity index (χ3n) is 5.13. The van der Waals surface area contributed by atoms with Crippen LogP contribution in [0.25, 0.3) is 0 Å². The maximum absolute atomic E-state index is 12.8. The fourth-order valence-electron chi connectivity index (χ4n) is 3.43. The van der Waals surface area contributed by atoms with Crippen LogP contribution in [0.4, 0.5) is 0 Å². The first-order valence-electron chi connectivity index (χ1n) is 9.44. The number of nitrogens with zero attached hydrogens (tertiary/aromatic N) is 2. The van der Waals surface area contributed by atoms with Gasteiger partial charge in [-0.1, -0.05) is 41.6 Å². The number of rotatable bonds is 5. The van der Waals surface area contributed by atoms with Gasteiger partial charge in [-0.3, -0.25) is 4.79 Å². The third-order valence-corrected chi connectivity index (χ3v) is 6.35. The molecule has 1 aliphatic heterocycles. The predicted molar refractivity (Wildman–Crippen MR) is 113 cm³/mol. The van der Waals surface area contributed by atoms with Crippen molar-refractivity contribution in [2.24, 2.45) is 0 Å². The number of aromatic nitrogens is 1. The van der Waals surface area contributed by atoms with Crippen LogP contribution in [0.3, 0.4) is 0 Å². The Balaban J connectivity index is 1.35. The van der Waals surface area contributed by atoms with Crippen molar-refractivity contribution < 1.29 is 14.3 Å². The zero-order valence-corrected chi connectivity index (χ0v) is 17.3. The van der Waals surface area contributed by atoms with Gasteiger partial charge in [-0.15, -0.1) is 0 Å². The lowest BCUT2D eigenvalue weighted by Crippen LogP contribution is -2.45. The molecule has 2 aromatic heterocycles. The highest BCUT2D eigenvalue weighted by Gasteiger charge is 2.36. The van der Waals surface area contributed by atoms with E-state index < -0.39 is 5.60 Å². The number of furan rings is 1. The molecule has 1 aromatic carbocycles. The maximum atomic E-state index is 12.8. The number of carbonyl (C=O) groups excluding carboxylic acids is 1. The normalized spacial score (nSPS) is 16.0. The Morgan fingerprint density at radius 2 is 1.90 bits per heavy atom. The topological polar surface area (TPSA) is 66.6 Å². The quantitative estimate of drug-likeness (QED) is 0.594. The monoisotopic (exact) mass is 428 g/mol. The van der Waals surface area contributed by atoms with Gasteiger partial charge in [0.25, 0.3) is 5.91 Å². The minimum Gasteiger partial charge on any atom is -0.455 e. The largest absolute Gasteiger partial charge is 0.455 e. The average molecular weight is 429 g/mol. The van der Waals surface area contributed by atoms with Crippen molar-refractivity contribution in [2.75, 3.05) is 13.1 Å².